The summed E-state index contributed by atoms with van der Waals surface area (Å²) in [6.07, 6.45) is 4.15. The summed E-state index contributed by atoms with van der Waals surface area (Å²) in [6, 6.07) is 17.2. The van der Waals surface area contributed by atoms with Crippen LogP contribution in [0.4, 0.5) is 0 Å². The minimum atomic E-state index is -3.93. The Morgan fingerprint density at radius 2 is 1.58 bits per heavy atom. The summed E-state index contributed by atoms with van der Waals surface area (Å²) in [5, 5.41) is 0. The highest BCUT2D eigenvalue weighted by atomic mass is 32.2. The standard InChI is InChI=1S/C26H22N2O5S3/c1-28-15-20-12-18(7-8-21(20)26(28)29)22-9-10-23(34-22)19-11-17(13-27-14-19)16-36(32,33)25-6-4-3-5-24(25)35(2,30)31/h3-14H,15-16H2,1-2H3. The lowest BCUT2D eigenvalue weighted by Crippen LogP contribution is -2.17. The number of hydrogen-bond donors (Lipinski definition) is 0. The summed E-state index contributed by atoms with van der Waals surface area (Å²) in [5.74, 6) is -0.342. The molecule has 1 amide bonds. The predicted octanol–water partition coefficient (Wildman–Crippen LogP) is 4.44. The molecule has 0 unspecified atom stereocenters. The molecule has 1 aliphatic heterocycles. The predicted molar refractivity (Wildman–Crippen MR) is 139 cm³/mol. The van der Waals surface area contributed by atoms with E-state index < -0.39 is 19.7 Å². The molecule has 10 heteroatoms. The highest BCUT2D eigenvalue weighted by Crippen LogP contribution is 2.36. The third kappa shape index (κ3) is 4.59. The first-order chi connectivity index (χ1) is 17.0. The van der Waals surface area contributed by atoms with Crippen molar-refractivity contribution in [2.45, 2.75) is 22.1 Å². The van der Waals surface area contributed by atoms with E-state index in [9.17, 15) is 21.6 Å². The van der Waals surface area contributed by atoms with E-state index >= 15 is 0 Å². The fourth-order valence-electron chi connectivity index (χ4n) is 4.28. The number of nitrogens with zero attached hydrogens (tertiary/aromatic N) is 2. The highest BCUT2D eigenvalue weighted by Gasteiger charge is 2.25. The zero-order chi connectivity index (χ0) is 25.7. The molecule has 0 atom stereocenters. The van der Waals surface area contributed by atoms with Crippen molar-refractivity contribution in [1.82, 2.24) is 9.88 Å². The second-order valence-electron chi connectivity index (χ2n) is 8.76. The number of fused-ring (bicyclic) bond motifs is 1. The number of sulfone groups is 2. The van der Waals surface area contributed by atoms with E-state index in [0.717, 1.165) is 38.3 Å². The van der Waals surface area contributed by atoms with Gasteiger partial charge in [-0.15, -0.1) is 11.3 Å². The summed E-state index contributed by atoms with van der Waals surface area (Å²) < 4.78 is 50.5. The Balaban J connectivity index is 1.43. The molecular weight excluding hydrogens is 516 g/mol. The first-order valence-electron chi connectivity index (χ1n) is 11.0. The molecule has 4 aromatic rings. The van der Waals surface area contributed by atoms with Crippen molar-refractivity contribution in [3.63, 3.8) is 0 Å². The van der Waals surface area contributed by atoms with Crippen molar-refractivity contribution < 1.29 is 21.6 Å². The van der Waals surface area contributed by atoms with Gasteiger partial charge in [0, 0.05) is 53.1 Å². The molecule has 184 valence electrons. The molecule has 3 heterocycles. The number of carbonyl (C=O) groups excluding carboxylic acids is 1. The largest absolute Gasteiger partial charge is 0.337 e. The number of carbonyl (C=O) groups is 1. The van der Waals surface area contributed by atoms with Gasteiger partial charge in [-0.3, -0.25) is 9.78 Å². The van der Waals surface area contributed by atoms with Crippen molar-refractivity contribution in [2.75, 3.05) is 13.3 Å². The second-order valence-corrected chi connectivity index (χ2v) is 13.8. The minimum absolute atomic E-state index is 0.0282. The van der Waals surface area contributed by atoms with Crippen LogP contribution >= 0.6 is 11.3 Å². The van der Waals surface area contributed by atoms with E-state index in [0.29, 0.717) is 12.1 Å². The molecule has 2 aromatic heterocycles. The third-order valence-electron chi connectivity index (χ3n) is 6.00. The summed E-state index contributed by atoms with van der Waals surface area (Å²) in [5.41, 5.74) is 3.97. The van der Waals surface area contributed by atoms with E-state index in [1.165, 1.54) is 30.5 Å². The fourth-order valence-corrected chi connectivity index (χ4v) is 8.27. The number of rotatable bonds is 6. The first-order valence-corrected chi connectivity index (χ1v) is 15.3. The van der Waals surface area contributed by atoms with Gasteiger partial charge < -0.3 is 4.90 Å². The van der Waals surface area contributed by atoms with Gasteiger partial charge in [0.25, 0.3) is 5.91 Å². The number of thiophene rings is 1. The summed E-state index contributed by atoms with van der Waals surface area (Å²) in [4.78, 5) is 19.6. The number of aromatic nitrogens is 1. The molecule has 1 aliphatic rings. The van der Waals surface area contributed by atoms with Gasteiger partial charge >= 0.3 is 0 Å². The van der Waals surface area contributed by atoms with Gasteiger partial charge in [-0.05, 0) is 59.2 Å². The summed E-state index contributed by atoms with van der Waals surface area (Å²) in [6.45, 7) is 0.586. The zero-order valence-electron chi connectivity index (χ0n) is 19.5. The number of benzene rings is 2. The molecule has 0 radical (unpaired) electrons. The van der Waals surface area contributed by atoms with Gasteiger partial charge in [-0.25, -0.2) is 16.8 Å². The fraction of sp³-hybridized carbons (Fsp3) is 0.154. The number of pyridine rings is 1. The van der Waals surface area contributed by atoms with Gasteiger partial charge in [0.05, 0.1) is 15.5 Å². The van der Waals surface area contributed by atoms with Crippen LogP contribution in [0.5, 0.6) is 0 Å². The van der Waals surface area contributed by atoms with Crippen molar-refractivity contribution in [2.24, 2.45) is 0 Å². The lowest BCUT2D eigenvalue weighted by molar-refractivity contribution is 0.0816. The Labute approximate surface area is 213 Å². The molecule has 0 saturated carbocycles. The Morgan fingerprint density at radius 1 is 0.889 bits per heavy atom. The van der Waals surface area contributed by atoms with Crippen molar-refractivity contribution in [3.8, 4) is 20.9 Å². The van der Waals surface area contributed by atoms with Crippen LogP contribution in [0.3, 0.4) is 0 Å². The van der Waals surface area contributed by atoms with Gasteiger partial charge in [-0.1, -0.05) is 18.2 Å². The minimum Gasteiger partial charge on any atom is -0.337 e. The monoisotopic (exact) mass is 538 g/mol. The highest BCUT2D eigenvalue weighted by molar-refractivity contribution is 7.93. The number of amides is 1. The molecule has 2 aromatic carbocycles. The topological polar surface area (TPSA) is 101 Å². The lowest BCUT2D eigenvalue weighted by atomic mass is 10.1. The van der Waals surface area contributed by atoms with E-state index in [-0.39, 0.29) is 21.5 Å². The van der Waals surface area contributed by atoms with Crippen LogP contribution in [0.1, 0.15) is 21.5 Å². The van der Waals surface area contributed by atoms with Crippen LogP contribution in [0.25, 0.3) is 20.9 Å². The van der Waals surface area contributed by atoms with Crippen LogP contribution < -0.4 is 0 Å². The smallest absolute Gasteiger partial charge is 0.254 e. The van der Waals surface area contributed by atoms with Crippen LogP contribution in [-0.4, -0.2) is 45.9 Å². The van der Waals surface area contributed by atoms with Gasteiger partial charge in [0.15, 0.2) is 19.7 Å². The Hall–Kier alpha value is -3.34. The van der Waals surface area contributed by atoms with Crippen LogP contribution in [-0.2, 0) is 32.0 Å². The van der Waals surface area contributed by atoms with Gasteiger partial charge in [0.1, 0.15) is 0 Å². The van der Waals surface area contributed by atoms with Gasteiger partial charge in [-0.2, -0.15) is 0 Å². The Kier molecular flexibility index (Phi) is 6.06. The van der Waals surface area contributed by atoms with E-state index in [4.69, 9.17) is 0 Å². The average Bonchev–Trinajstić information content (AvgIpc) is 3.43. The Morgan fingerprint density at radius 3 is 2.31 bits per heavy atom. The SMILES string of the molecule is CN1Cc2cc(-c3ccc(-c4cncc(CS(=O)(=O)c5ccccc5S(C)(=O)=O)c4)s3)ccc2C1=O. The van der Waals surface area contributed by atoms with Crippen LogP contribution in [0, 0.1) is 0 Å². The third-order valence-corrected chi connectivity index (χ3v) is 10.2. The number of hydrogen-bond acceptors (Lipinski definition) is 7. The quantitative estimate of drug-likeness (QED) is 0.360. The first kappa shape index (κ1) is 24.4. The molecule has 0 saturated heterocycles. The van der Waals surface area contributed by atoms with Crippen molar-refractivity contribution in [1.29, 1.82) is 0 Å². The summed E-state index contributed by atoms with van der Waals surface area (Å²) >= 11 is 1.55. The molecule has 0 fully saturated rings. The maximum Gasteiger partial charge on any atom is 0.254 e. The molecule has 0 bridgehead atoms. The molecule has 36 heavy (non-hydrogen) atoms. The van der Waals surface area contributed by atoms with Crippen LogP contribution in [0.2, 0.25) is 0 Å². The maximum atomic E-state index is 13.1. The molecule has 0 N–H and O–H groups in total. The maximum absolute atomic E-state index is 13.1. The molecule has 0 spiro atoms. The molecule has 5 rings (SSSR count). The average molecular weight is 539 g/mol. The normalized spacial score (nSPS) is 13.7. The second kappa shape index (κ2) is 8.95. The van der Waals surface area contributed by atoms with Gasteiger partial charge in [0.2, 0.25) is 0 Å². The van der Waals surface area contributed by atoms with E-state index in [2.05, 4.69) is 4.98 Å². The van der Waals surface area contributed by atoms with Crippen molar-refractivity contribution in [3.05, 3.63) is 89.7 Å². The zero-order valence-corrected chi connectivity index (χ0v) is 22.0. The van der Waals surface area contributed by atoms with Crippen molar-refractivity contribution >= 4 is 36.9 Å². The summed E-state index contributed by atoms with van der Waals surface area (Å²) in [7, 11) is -5.85. The van der Waals surface area contributed by atoms with E-state index in [1.54, 1.807) is 35.5 Å². The molecule has 0 aliphatic carbocycles. The molecular formula is C26H22N2O5S3. The lowest BCUT2D eigenvalue weighted by Gasteiger charge is -2.10. The molecule has 7 nitrogen and oxygen atoms in total. The van der Waals surface area contributed by atoms with E-state index in [1.807, 2.05) is 30.3 Å². The Bertz CT molecular complexity index is 1720. The van der Waals surface area contributed by atoms with Crippen LogP contribution in [0.15, 0.2) is 82.8 Å².